The van der Waals surface area contributed by atoms with Crippen molar-refractivity contribution < 1.29 is 0 Å². The molecule has 0 bridgehead atoms. The lowest BCUT2D eigenvalue weighted by atomic mass is 10.2. The zero-order chi connectivity index (χ0) is 16.1. The van der Waals surface area contributed by atoms with Gasteiger partial charge in [-0.05, 0) is 44.5 Å². The Bertz CT molecular complexity index is 1120. The van der Waals surface area contributed by atoms with Crippen molar-refractivity contribution in [2.75, 3.05) is 0 Å². The molecule has 0 unspecified atom stereocenters. The summed E-state index contributed by atoms with van der Waals surface area (Å²) in [6, 6.07) is 9.73. The Labute approximate surface area is 132 Å². The van der Waals surface area contributed by atoms with Gasteiger partial charge in [0.15, 0.2) is 0 Å². The molecule has 0 saturated carbocycles. The van der Waals surface area contributed by atoms with Crippen molar-refractivity contribution in [1.29, 1.82) is 0 Å². The zero-order valence-corrected chi connectivity index (χ0v) is 13.1. The molecule has 1 aromatic carbocycles. The second kappa shape index (κ2) is 4.74. The van der Waals surface area contributed by atoms with Crippen LogP contribution >= 0.6 is 0 Å². The van der Waals surface area contributed by atoms with Gasteiger partial charge in [0.1, 0.15) is 5.82 Å². The van der Waals surface area contributed by atoms with Gasteiger partial charge in [-0.15, -0.1) is 5.10 Å². The molecule has 0 atom stereocenters. The van der Waals surface area contributed by atoms with Crippen LogP contribution in [0.3, 0.4) is 0 Å². The highest BCUT2D eigenvalue weighted by molar-refractivity contribution is 5.82. The number of benzene rings is 1. The van der Waals surface area contributed by atoms with E-state index in [0.29, 0.717) is 22.7 Å². The summed E-state index contributed by atoms with van der Waals surface area (Å²) in [4.78, 5) is 21.7. The molecule has 114 valence electrons. The first-order chi connectivity index (χ1) is 11.0. The molecule has 3 aromatic heterocycles. The fourth-order valence-corrected chi connectivity index (χ4v) is 2.87. The minimum absolute atomic E-state index is 0.104. The largest absolute Gasteiger partial charge is 0.284 e. The molecule has 0 fully saturated rings. The first-order valence-corrected chi connectivity index (χ1v) is 7.37. The van der Waals surface area contributed by atoms with Gasteiger partial charge in [0.2, 0.25) is 0 Å². The summed E-state index contributed by atoms with van der Waals surface area (Å²) in [6.45, 7) is 5.64. The van der Waals surface area contributed by atoms with Crippen molar-refractivity contribution in [2.45, 2.75) is 20.8 Å². The molecular weight excluding hydrogens is 290 g/mol. The molecule has 6 nitrogen and oxygen atoms in total. The zero-order valence-electron chi connectivity index (χ0n) is 13.1. The van der Waals surface area contributed by atoms with Crippen LogP contribution in [0.25, 0.3) is 22.4 Å². The Balaban J connectivity index is 2.11. The maximum atomic E-state index is 13.0. The van der Waals surface area contributed by atoms with Crippen molar-refractivity contribution in [2.24, 2.45) is 0 Å². The summed E-state index contributed by atoms with van der Waals surface area (Å²) in [5.41, 5.74) is 3.22. The molecule has 4 rings (SSSR count). The summed E-state index contributed by atoms with van der Waals surface area (Å²) < 4.78 is 3.26. The number of pyridine rings is 1. The third kappa shape index (κ3) is 2.03. The van der Waals surface area contributed by atoms with Crippen LogP contribution < -0.4 is 5.56 Å². The minimum atomic E-state index is -0.104. The predicted octanol–water partition coefficient (Wildman–Crippen LogP) is 2.35. The number of aromatic nitrogens is 5. The van der Waals surface area contributed by atoms with Gasteiger partial charge >= 0.3 is 0 Å². The van der Waals surface area contributed by atoms with Gasteiger partial charge in [-0.2, -0.15) is 9.50 Å². The van der Waals surface area contributed by atoms with Crippen LogP contribution in [0.2, 0.25) is 0 Å². The van der Waals surface area contributed by atoms with Gasteiger partial charge in [0.05, 0.1) is 16.6 Å². The third-order valence-corrected chi connectivity index (χ3v) is 3.90. The van der Waals surface area contributed by atoms with Crippen molar-refractivity contribution in [1.82, 2.24) is 24.1 Å². The number of rotatable bonds is 1. The average molecular weight is 305 g/mol. The van der Waals surface area contributed by atoms with Gasteiger partial charge < -0.3 is 0 Å². The highest BCUT2D eigenvalue weighted by atomic mass is 16.1. The fraction of sp³-hybridized carbons (Fsp3) is 0.176. The monoisotopic (exact) mass is 305 g/mol. The predicted molar refractivity (Wildman–Crippen MR) is 88.1 cm³/mol. The van der Waals surface area contributed by atoms with Gasteiger partial charge in [0, 0.05) is 11.9 Å². The SMILES string of the molecule is Cc1cccc(-n2ccc3c(c(C)nc4nc(C)nn43)c2=O)c1. The maximum absolute atomic E-state index is 13.0. The summed E-state index contributed by atoms with van der Waals surface area (Å²) in [7, 11) is 0. The van der Waals surface area contributed by atoms with E-state index in [1.54, 1.807) is 15.3 Å². The van der Waals surface area contributed by atoms with Crippen molar-refractivity contribution in [3.8, 4) is 5.69 Å². The smallest absolute Gasteiger partial charge is 0.266 e. The standard InChI is InChI=1S/C17H15N5O/c1-10-5-4-6-13(9-10)21-8-7-14-15(16(21)23)11(2)18-17-19-12(3)20-22(14)17/h4-9H,1-3H3. The quantitative estimate of drug-likeness (QED) is 0.541. The lowest BCUT2D eigenvalue weighted by Gasteiger charge is -2.09. The van der Waals surface area contributed by atoms with Crippen molar-refractivity contribution >= 4 is 16.7 Å². The van der Waals surface area contributed by atoms with E-state index in [4.69, 9.17) is 0 Å². The van der Waals surface area contributed by atoms with E-state index < -0.39 is 0 Å². The Morgan fingerprint density at radius 3 is 2.65 bits per heavy atom. The lowest BCUT2D eigenvalue weighted by Crippen LogP contribution is -2.20. The van der Waals surface area contributed by atoms with E-state index in [1.165, 1.54) is 0 Å². The van der Waals surface area contributed by atoms with Crippen LogP contribution in [0.5, 0.6) is 0 Å². The van der Waals surface area contributed by atoms with Crippen molar-refractivity contribution in [3.05, 3.63) is 64.0 Å². The van der Waals surface area contributed by atoms with E-state index in [2.05, 4.69) is 15.1 Å². The molecule has 0 saturated heterocycles. The fourth-order valence-electron chi connectivity index (χ4n) is 2.87. The highest BCUT2D eigenvalue weighted by Gasteiger charge is 2.14. The van der Waals surface area contributed by atoms with Crippen LogP contribution in [0.1, 0.15) is 17.1 Å². The van der Waals surface area contributed by atoms with E-state index in [-0.39, 0.29) is 5.56 Å². The molecule has 0 N–H and O–H groups in total. The average Bonchev–Trinajstić information content (AvgIpc) is 2.87. The van der Waals surface area contributed by atoms with Crippen LogP contribution in [-0.2, 0) is 0 Å². The van der Waals surface area contributed by atoms with E-state index in [1.807, 2.05) is 51.1 Å². The molecule has 0 radical (unpaired) electrons. The van der Waals surface area contributed by atoms with Gasteiger partial charge in [-0.1, -0.05) is 12.1 Å². The van der Waals surface area contributed by atoms with Crippen LogP contribution in [0, 0.1) is 20.8 Å². The molecule has 23 heavy (non-hydrogen) atoms. The van der Waals surface area contributed by atoms with Gasteiger partial charge in [0.25, 0.3) is 11.3 Å². The van der Waals surface area contributed by atoms with Crippen LogP contribution in [0.4, 0.5) is 0 Å². The second-order valence-corrected chi connectivity index (χ2v) is 5.66. The number of fused-ring (bicyclic) bond motifs is 3. The van der Waals surface area contributed by atoms with E-state index >= 15 is 0 Å². The minimum Gasteiger partial charge on any atom is -0.284 e. The number of hydrogen-bond acceptors (Lipinski definition) is 4. The van der Waals surface area contributed by atoms with Gasteiger partial charge in [-0.25, -0.2) is 4.98 Å². The lowest BCUT2D eigenvalue weighted by molar-refractivity contribution is 0.932. The molecule has 4 aromatic rings. The summed E-state index contributed by atoms with van der Waals surface area (Å²) in [5.74, 6) is 1.15. The molecule has 0 aliphatic rings. The number of aryl methyl sites for hydroxylation is 3. The first kappa shape index (κ1) is 13.6. The normalized spacial score (nSPS) is 11.4. The molecule has 6 heteroatoms. The Hall–Kier alpha value is -3.02. The van der Waals surface area contributed by atoms with Gasteiger partial charge in [-0.3, -0.25) is 9.36 Å². The molecular formula is C17H15N5O. The molecule has 3 heterocycles. The highest BCUT2D eigenvalue weighted by Crippen LogP contribution is 2.16. The number of hydrogen-bond donors (Lipinski definition) is 0. The Kier molecular flexibility index (Phi) is 2.81. The van der Waals surface area contributed by atoms with E-state index in [9.17, 15) is 4.79 Å². The van der Waals surface area contributed by atoms with E-state index in [0.717, 1.165) is 16.8 Å². The maximum Gasteiger partial charge on any atom is 0.266 e. The van der Waals surface area contributed by atoms with Crippen LogP contribution in [0.15, 0.2) is 41.3 Å². The topological polar surface area (TPSA) is 65.1 Å². The number of nitrogens with zero attached hydrogens (tertiary/aromatic N) is 5. The van der Waals surface area contributed by atoms with Crippen molar-refractivity contribution in [3.63, 3.8) is 0 Å². The second-order valence-electron chi connectivity index (χ2n) is 5.66. The summed E-state index contributed by atoms with van der Waals surface area (Å²) >= 11 is 0. The molecule has 0 amide bonds. The Morgan fingerprint density at radius 2 is 1.87 bits per heavy atom. The first-order valence-electron chi connectivity index (χ1n) is 7.37. The molecule has 0 aliphatic heterocycles. The molecule has 0 aliphatic carbocycles. The summed E-state index contributed by atoms with van der Waals surface area (Å²) in [5, 5.41) is 4.90. The Morgan fingerprint density at radius 1 is 1.04 bits per heavy atom. The molecule has 0 spiro atoms. The third-order valence-electron chi connectivity index (χ3n) is 3.90. The van der Waals surface area contributed by atoms with Crippen LogP contribution in [-0.4, -0.2) is 24.1 Å². The summed E-state index contributed by atoms with van der Waals surface area (Å²) in [6.07, 6.45) is 1.77.